The van der Waals surface area contributed by atoms with Crippen LogP contribution in [0.5, 0.6) is 11.6 Å². The molecule has 0 saturated heterocycles. The number of hydrogen-bond acceptors (Lipinski definition) is 4. The lowest BCUT2D eigenvalue weighted by atomic mass is 10.1. The molecule has 82 valence electrons. The molecule has 0 amide bonds. The highest BCUT2D eigenvalue weighted by atomic mass is 16.5. The second kappa shape index (κ2) is 4.61. The molecule has 0 radical (unpaired) electrons. The summed E-state index contributed by atoms with van der Waals surface area (Å²) in [7, 11) is 0. The molecule has 2 N–H and O–H groups in total. The van der Waals surface area contributed by atoms with Crippen LogP contribution in [0.2, 0.25) is 0 Å². The van der Waals surface area contributed by atoms with Crippen LogP contribution in [0.15, 0.2) is 36.8 Å². The maximum absolute atomic E-state index is 5.71. The molecule has 1 aromatic carbocycles. The van der Waals surface area contributed by atoms with Gasteiger partial charge in [-0.05, 0) is 18.1 Å². The number of anilines is 1. The van der Waals surface area contributed by atoms with Crippen molar-refractivity contribution in [1.29, 1.82) is 0 Å². The van der Waals surface area contributed by atoms with Gasteiger partial charge in [-0.25, -0.2) is 4.98 Å². The van der Waals surface area contributed by atoms with Crippen molar-refractivity contribution in [2.45, 2.75) is 13.3 Å². The monoisotopic (exact) mass is 215 g/mol. The van der Waals surface area contributed by atoms with Gasteiger partial charge in [-0.2, -0.15) is 4.98 Å². The molecule has 2 rings (SSSR count). The van der Waals surface area contributed by atoms with E-state index in [2.05, 4.69) is 16.9 Å². The van der Waals surface area contributed by atoms with Gasteiger partial charge in [0.15, 0.2) is 0 Å². The first-order valence-corrected chi connectivity index (χ1v) is 5.12. The second-order valence-electron chi connectivity index (χ2n) is 3.35. The van der Waals surface area contributed by atoms with Gasteiger partial charge in [0.1, 0.15) is 17.8 Å². The van der Waals surface area contributed by atoms with E-state index in [4.69, 9.17) is 10.5 Å². The van der Waals surface area contributed by atoms with Crippen LogP contribution in [0.1, 0.15) is 12.5 Å². The van der Waals surface area contributed by atoms with E-state index in [1.807, 2.05) is 24.3 Å². The highest BCUT2D eigenvalue weighted by Crippen LogP contribution is 2.26. The first-order valence-electron chi connectivity index (χ1n) is 5.12. The number of ether oxygens (including phenoxy) is 1. The number of aromatic nitrogens is 2. The average Bonchev–Trinajstić information content (AvgIpc) is 2.33. The molecule has 4 nitrogen and oxygen atoms in total. The van der Waals surface area contributed by atoms with Crippen molar-refractivity contribution in [3.05, 3.63) is 42.4 Å². The number of nitrogens with two attached hydrogens (primary N) is 1. The van der Waals surface area contributed by atoms with Crippen LogP contribution in [-0.2, 0) is 6.42 Å². The van der Waals surface area contributed by atoms with Gasteiger partial charge in [0.05, 0.1) is 6.20 Å². The van der Waals surface area contributed by atoms with Crippen molar-refractivity contribution in [2.75, 3.05) is 5.73 Å². The highest BCUT2D eigenvalue weighted by molar-refractivity contribution is 5.48. The van der Waals surface area contributed by atoms with Crippen molar-refractivity contribution < 1.29 is 4.74 Å². The van der Waals surface area contributed by atoms with Gasteiger partial charge in [-0.1, -0.05) is 25.1 Å². The third-order valence-electron chi connectivity index (χ3n) is 2.26. The number of benzene rings is 1. The van der Waals surface area contributed by atoms with Gasteiger partial charge >= 0.3 is 0 Å². The fourth-order valence-electron chi connectivity index (χ4n) is 1.41. The third kappa shape index (κ3) is 2.11. The van der Waals surface area contributed by atoms with Crippen molar-refractivity contribution in [2.24, 2.45) is 0 Å². The predicted molar refractivity (Wildman–Crippen MR) is 62.3 cm³/mol. The van der Waals surface area contributed by atoms with Crippen LogP contribution < -0.4 is 10.5 Å². The van der Waals surface area contributed by atoms with Crippen molar-refractivity contribution >= 4 is 5.69 Å². The first kappa shape index (κ1) is 10.4. The molecule has 0 aliphatic heterocycles. The molecular weight excluding hydrogens is 202 g/mol. The van der Waals surface area contributed by atoms with E-state index < -0.39 is 0 Å². The summed E-state index contributed by atoms with van der Waals surface area (Å²) in [4.78, 5) is 7.80. The lowest BCUT2D eigenvalue weighted by molar-refractivity contribution is 0.459. The summed E-state index contributed by atoms with van der Waals surface area (Å²) in [6.45, 7) is 2.07. The molecular formula is C12H13N3O. The summed E-state index contributed by atoms with van der Waals surface area (Å²) in [6.07, 6.45) is 3.85. The van der Waals surface area contributed by atoms with Crippen LogP contribution in [0.4, 0.5) is 5.69 Å². The summed E-state index contributed by atoms with van der Waals surface area (Å²) in [5.74, 6) is 1.19. The van der Waals surface area contributed by atoms with Gasteiger partial charge in [0, 0.05) is 0 Å². The Balaban J connectivity index is 2.30. The van der Waals surface area contributed by atoms with Crippen molar-refractivity contribution in [3.63, 3.8) is 0 Å². The van der Waals surface area contributed by atoms with Crippen LogP contribution >= 0.6 is 0 Å². The zero-order valence-corrected chi connectivity index (χ0v) is 9.05. The summed E-state index contributed by atoms with van der Waals surface area (Å²) in [5, 5.41) is 0. The van der Waals surface area contributed by atoms with Gasteiger partial charge in [-0.3, -0.25) is 0 Å². The minimum absolute atomic E-state index is 0.399. The topological polar surface area (TPSA) is 61.0 Å². The van der Waals surface area contributed by atoms with Gasteiger partial charge in [0.25, 0.3) is 0 Å². The molecule has 0 unspecified atom stereocenters. The molecule has 1 aromatic heterocycles. The number of nitrogen functional groups attached to an aromatic ring is 1. The Labute approximate surface area is 94.1 Å². The molecule has 0 saturated carbocycles. The highest BCUT2D eigenvalue weighted by Gasteiger charge is 2.06. The van der Waals surface area contributed by atoms with Gasteiger partial charge in [0.2, 0.25) is 5.88 Å². The van der Waals surface area contributed by atoms with Crippen LogP contribution in [-0.4, -0.2) is 9.97 Å². The van der Waals surface area contributed by atoms with Crippen LogP contribution in [0.25, 0.3) is 0 Å². The molecule has 1 heterocycles. The molecule has 0 aliphatic carbocycles. The van der Waals surface area contributed by atoms with Crippen LogP contribution in [0.3, 0.4) is 0 Å². The maximum atomic E-state index is 5.71. The molecule has 4 heteroatoms. The maximum Gasteiger partial charge on any atom is 0.245 e. The Kier molecular flexibility index (Phi) is 3.00. The minimum Gasteiger partial charge on any atom is -0.437 e. The average molecular weight is 215 g/mol. The van der Waals surface area contributed by atoms with E-state index in [0.717, 1.165) is 17.7 Å². The van der Waals surface area contributed by atoms with E-state index in [9.17, 15) is 0 Å². The Bertz CT molecular complexity index is 485. The van der Waals surface area contributed by atoms with Crippen molar-refractivity contribution in [3.8, 4) is 11.6 Å². The molecule has 0 fully saturated rings. The number of aryl methyl sites for hydroxylation is 1. The van der Waals surface area contributed by atoms with Crippen LogP contribution in [0, 0.1) is 0 Å². The minimum atomic E-state index is 0.399. The van der Waals surface area contributed by atoms with Gasteiger partial charge in [-0.15, -0.1) is 0 Å². The molecule has 16 heavy (non-hydrogen) atoms. The fourth-order valence-corrected chi connectivity index (χ4v) is 1.41. The lowest BCUT2D eigenvalue weighted by Gasteiger charge is -2.09. The van der Waals surface area contributed by atoms with E-state index in [1.165, 1.54) is 12.5 Å². The SMILES string of the molecule is CCc1ccccc1Oc1ncncc1N. The largest absolute Gasteiger partial charge is 0.437 e. The molecule has 2 aromatic rings. The Hall–Kier alpha value is -2.10. The predicted octanol–water partition coefficient (Wildman–Crippen LogP) is 2.41. The number of rotatable bonds is 3. The first-order chi connectivity index (χ1) is 7.81. The van der Waals surface area contributed by atoms with Crippen molar-refractivity contribution in [1.82, 2.24) is 9.97 Å². The Morgan fingerprint density at radius 3 is 2.88 bits per heavy atom. The van der Waals surface area contributed by atoms with Gasteiger partial charge < -0.3 is 10.5 Å². The summed E-state index contributed by atoms with van der Waals surface area (Å²) in [6, 6.07) is 7.83. The number of nitrogens with zero attached hydrogens (tertiary/aromatic N) is 2. The van der Waals surface area contributed by atoms with E-state index in [0.29, 0.717) is 11.6 Å². The third-order valence-corrected chi connectivity index (χ3v) is 2.26. The Morgan fingerprint density at radius 2 is 2.12 bits per heavy atom. The van der Waals surface area contributed by atoms with E-state index in [-0.39, 0.29) is 0 Å². The molecule has 0 spiro atoms. The van der Waals surface area contributed by atoms with E-state index >= 15 is 0 Å². The molecule has 0 aliphatic rings. The number of para-hydroxylation sites is 1. The smallest absolute Gasteiger partial charge is 0.245 e. The van der Waals surface area contributed by atoms with E-state index in [1.54, 1.807) is 0 Å². The summed E-state index contributed by atoms with van der Waals surface area (Å²) >= 11 is 0. The molecule has 0 bridgehead atoms. The quantitative estimate of drug-likeness (QED) is 0.854. The second-order valence-corrected chi connectivity index (χ2v) is 3.35. The summed E-state index contributed by atoms with van der Waals surface area (Å²) < 4.78 is 5.66. The zero-order chi connectivity index (χ0) is 11.4. The normalized spacial score (nSPS) is 10.1. The lowest BCUT2D eigenvalue weighted by Crippen LogP contribution is -1.97. The fraction of sp³-hybridized carbons (Fsp3) is 0.167. The standard InChI is InChI=1S/C12H13N3O/c1-2-9-5-3-4-6-11(9)16-12-10(13)7-14-8-15-12/h3-8H,2,13H2,1H3. The number of hydrogen-bond donors (Lipinski definition) is 1. The molecule has 0 atom stereocenters. The summed E-state index contributed by atoms with van der Waals surface area (Å²) in [5.41, 5.74) is 7.27. The zero-order valence-electron chi connectivity index (χ0n) is 9.05. The Morgan fingerprint density at radius 1 is 1.31 bits per heavy atom.